The maximum absolute atomic E-state index is 12.9. The van der Waals surface area contributed by atoms with Gasteiger partial charge in [-0.25, -0.2) is 4.39 Å². The van der Waals surface area contributed by atoms with Gasteiger partial charge in [-0.05, 0) is 38.1 Å². The van der Waals surface area contributed by atoms with Crippen LogP contribution in [0, 0.1) is 5.82 Å². The summed E-state index contributed by atoms with van der Waals surface area (Å²) < 4.78 is 24.3. The Balaban J connectivity index is 1.69. The second kappa shape index (κ2) is 5.91. The lowest BCUT2D eigenvalue weighted by atomic mass is 10.2. The van der Waals surface area contributed by atoms with Crippen molar-refractivity contribution in [2.24, 2.45) is 0 Å². The van der Waals surface area contributed by atoms with Crippen LogP contribution in [0.25, 0.3) is 11.5 Å². The third kappa shape index (κ3) is 3.46. The molecule has 2 atom stereocenters. The van der Waals surface area contributed by atoms with Gasteiger partial charge in [-0.15, -0.1) is 10.2 Å². The van der Waals surface area contributed by atoms with Crippen LogP contribution >= 0.6 is 0 Å². The summed E-state index contributed by atoms with van der Waals surface area (Å²) in [5.41, 5.74) is 0.721. The molecule has 0 bridgehead atoms. The number of rotatable bonds is 3. The molecule has 112 valence electrons. The van der Waals surface area contributed by atoms with Crippen LogP contribution in [0.4, 0.5) is 4.39 Å². The van der Waals surface area contributed by atoms with Crippen molar-refractivity contribution in [1.29, 1.82) is 0 Å². The summed E-state index contributed by atoms with van der Waals surface area (Å²) in [6, 6.07) is 6.02. The molecule has 1 aliphatic rings. The summed E-state index contributed by atoms with van der Waals surface area (Å²) in [5.74, 6) is 0.699. The van der Waals surface area contributed by atoms with Crippen LogP contribution in [-0.4, -0.2) is 40.4 Å². The molecule has 0 spiro atoms. The van der Waals surface area contributed by atoms with Gasteiger partial charge in [-0.2, -0.15) is 0 Å². The largest absolute Gasteiger partial charge is 0.419 e. The Morgan fingerprint density at radius 3 is 2.48 bits per heavy atom. The van der Waals surface area contributed by atoms with Crippen molar-refractivity contribution >= 4 is 0 Å². The Morgan fingerprint density at radius 1 is 1.14 bits per heavy atom. The summed E-state index contributed by atoms with van der Waals surface area (Å²) in [4.78, 5) is 2.24. The van der Waals surface area contributed by atoms with Crippen LogP contribution in [0.1, 0.15) is 19.7 Å². The van der Waals surface area contributed by atoms with E-state index in [0.29, 0.717) is 18.3 Å². The minimum atomic E-state index is -0.283. The first-order valence-corrected chi connectivity index (χ1v) is 7.06. The van der Waals surface area contributed by atoms with Gasteiger partial charge in [0.25, 0.3) is 0 Å². The van der Waals surface area contributed by atoms with E-state index in [1.54, 1.807) is 12.1 Å². The van der Waals surface area contributed by atoms with E-state index in [9.17, 15) is 4.39 Å². The fraction of sp³-hybridized carbons (Fsp3) is 0.467. The van der Waals surface area contributed by atoms with Crippen molar-refractivity contribution in [3.63, 3.8) is 0 Å². The summed E-state index contributed by atoms with van der Waals surface area (Å²) in [7, 11) is 0. The van der Waals surface area contributed by atoms with Crippen molar-refractivity contribution in [2.75, 3.05) is 13.1 Å². The highest BCUT2D eigenvalue weighted by atomic mass is 19.1. The molecular formula is C15H18FN3O2. The quantitative estimate of drug-likeness (QED) is 0.869. The Morgan fingerprint density at radius 2 is 1.81 bits per heavy atom. The van der Waals surface area contributed by atoms with Crippen molar-refractivity contribution in [2.45, 2.75) is 32.6 Å². The van der Waals surface area contributed by atoms with E-state index in [1.165, 1.54) is 12.1 Å². The van der Waals surface area contributed by atoms with E-state index in [1.807, 2.05) is 0 Å². The highest BCUT2D eigenvalue weighted by Crippen LogP contribution is 2.19. The van der Waals surface area contributed by atoms with E-state index in [4.69, 9.17) is 9.15 Å². The predicted molar refractivity (Wildman–Crippen MR) is 75.0 cm³/mol. The van der Waals surface area contributed by atoms with Gasteiger partial charge in [0.2, 0.25) is 11.8 Å². The van der Waals surface area contributed by atoms with Crippen LogP contribution in [0.3, 0.4) is 0 Å². The zero-order valence-corrected chi connectivity index (χ0v) is 12.1. The molecule has 2 aromatic rings. The molecule has 1 aromatic carbocycles. The van der Waals surface area contributed by atoms with Gasteiger partial charge in [0.15, 0.2) is 0 Å². The van der Waals surface area contributed by atoms with Gasteiger partial charge in [0.05, 0.1) is 18.8 Å². The molecule has 0 radical (unpaired) electrons. The topological polar surface area (TPSA) is 51.4 Å². The van der Waals surface area contributed by atoms with Gasteiger partial charge in [-0.3, -0.25) is 4.90 Å². The molecule has 1 aliphatic heterocycles. The number of nitrogens with zero attached hydrogens (tertiary/aromatic N) is 3. The van der Waals surface area contributed by atoms with E-state index in [2.05, 4.69) is 28.9 Å². The molecule has 0 aliphatic carbocycles. The normalized spacial score (nSPS) is 23.4. The summed E-state index contributed by atoms with van der Waals surface area (Å²) in [6.45, 7) is 6.41. The van der Waals surface area contributed by atoms with Crippen molar-refractivity contribution in [1.82, 2.24) is 15.1 Å². The molecule has 5 nitrogen and oxygen atoms in total. The lowest BCUT2D eigenvalue weighted by Gasteiger charge is -2.34. The second-order valence-corrected chi connectivity index (χ2v) is 5.46. The average Bonchev–Trinajstić information content (AvgIpc) is 2.87. The molecule has 0 N–H and O–H groups in total. The predicted octanol–water partition coefficient (Wildman–Crippen LogP) is 2.48. The molecule has 1 aromatic heterocycles. The lowest BCUT2D eigenvalue weighted by molar-refractivity contribution is -0.0721. The summed E-state index contributed by atoms with van der Waals surface area (Å²) >= 11 is 0. The number of morpholine rings is 1. The zero-order chi connectivity index (χ0) is 14.8. The third-order valence-corrected chi connectivity index (χ3v) is 3.41. The van der Waals surface area contributed by atoms with Gasteiger partial charge >= 0.3 is 0 Å². The minimum Gasteiger partial charge on any atom is -0.419 e. The first-order valence-electron chi connectivity index (χ1n) is 7.06. The van der Waals surface area contributed by atoms with E-state index < -0.39 is 0 Å². The van der Waals surface area contributed by atoms with E-state index in [0.717, 1.165) is 18.7 Å². The van der Waals surface area contributed by atoms with Crippen LogP contribution < -0.4 is 0 Å². The summed E-state index contributed by atoms with van der Waals surface area (Å²) in [5, 5.41) is 8.09. The number of halogens is 1. The monoisotopic (exact) mass is 291 g/mol. The number of hydrogen-bond acceptors (Lipinski definition) is 5. The number of hydrogen-bond donors (Lipinski definition) is 0. The van der Waals surface area contributed by atoms with Gasteiger partial charge < -0.3 is 9.15 Å². The molecular weight excluding hydrogens is 273 g/mol. The van der Waals surface area contributed by atoms with Crippen molar-refractivity contribution < 1.29 is 13.5 Å². The second-order valence-electron chi connectivity index (χ2n) is 5.46. The first kappa shape index (κ1) is 14.2. The molecule has 0 saturated carbocycles. The highest BCUT2D eigenvalue weighted by molar-refractivity contribution is 5.51. The van der Waals surface area contributed by atoms with Crippen molar-refractivity contribution in [3.8, 4) is 11.5 Å². The van der Waals surface area contributed by atoms with Crippen LogP contribution in [0.5, 0.6) is 0 Å². The fourth-order valence-corrected chi connectivity index (χ4v) is 2.63. The van der Waals surface area contributed by atoms with E-state index >= 15 is 0 Å². The lowest BCUT2D eigenvalue weighted by Crippen LogP contribution is -2.44. The van der Waals surface area contributed by atoms with Crippen LogP contribution in [0.2, 0.25) is 0 Å². The number of benzene rings is 1. The standard InChI is InChI=1S/C15H18FN3O2/c1-10-7-19(8-11(2)20-10)9-14-17-18-15(21-14)12-3-5-13(16)6-4-12/h3-6,10-11H,7-9H2,1-2H3. The maximum Gasteiger partial charge on any atom is 0.247 e. The molecule has 2 unspecified atom stereocenters. The smallest absolute Gasteiger partial charge is 0.247 e. The molecule has 1 fully saturated rings. The maximum atomic E-state index is 12.9. The SMILES string of the molecule is CC1CN(Cc2nnc(-c3ccc(F)cc3)o2)CC(C)O1. The average molecular weight is 291 g/mol. The van der Waals surface area contributed by atoms with Gasteiger partial charge in [-0.1, -0.05) is 0 Å². The molecule has 21 heavy (non-hydrogen) atoms. The number of ether oxygens (including phenoxy) is 1. The molecule has 2 heterocycles. The Hall–Kier alpha value is -1.79. The van der Waals surface area contributed by atoms with Crippen LogP contribution in [-0.2, 0) is 11.3 Å². The third-order valence-electron chi connectivity index (χ3n) is 3.41. The number of aromatic nitrogens is 2. The Kier molecular flexibility index (Phi) is 3.98. The van der Waals surface area contributed by atoms with Gasteiger partial charge in [0.1, 0.15) is 5.82 Å². The molecule has 0 amide bonds. The molecule has 6 heteroatoms. The first-order chi connectivity index (χ1) is 10.1. The van der Waals surface area contributed by atoms with Crippen LogP contribution in [0.15, 0.2) is 28.7 Å². The van der Waals surface area contributed by atoms with Crippen molar-refractivity contribution in [3.05, 3.63) is 36.0 Å². The van der Waals surface area contributed by atoms with Gasteiger partial charge in [0, 0.05) is 18.7 Å². The Labute approximate surface area is 122 Å². The summed E-state index contributed by atoms with van der Waals surface area (Å²) in [6.07, 6.45) is 0.404. The zero-order valence-electron chi connectivity index (χ0n) is 12.1. The minimum absolute atomic E-state index is 0.202. The molecule has 1 saturated heterocycles. The van der Waals surface area contributed by atoms with E-state index in [-0.39, 0.29) is 18.0 Å². The molecule has 3 rings (SSSR count). The fourth-order valence-electron chi connectivity index (χ4n) is 2.63. The highest BCUT2D eigenvalue weighted by Gasteiger charge is 2.23. The Bertz CT molecular complexity index is 589.